The number of benzene rings is 1. The van der Waals surface area contributed by atoms with Crippen LogP contribution in [0, 0.1) is 20.8 Å². The lowest BCUT2D eigenvalue weighted by Gasteiger charge is -2.32. The highest BCUT2D eigenvalue weighted by molar-refractivity contribution is 5.92. The van der Waals surface area contributed by atoms with Crippen LogP contribution in [-0.2, 0) is 0 Å². The van der Waals surface area contributed by atoms with Gasteiger partial charge in [0.25, 0.3) is 0 Å². The first-order valence-corrected chi connectivity index (χ1v) is 6.82. The number of amides is 2. The molecule has 1 saturated heterocycles. The Balaban J connectivity index is 2.21. The zero-order chi connectivity index (χ0) is 14.0. The maximum atomic E-state index is 12.5. The normalized spacial score (nSPS) is 15.5. The van der Waals surface area contributed by atoms with Crippen molar-refractivity contribution in [3.63, 3.8) is 0 Å². The molecule has 1 heterocycles. The molecule has 0 aromatic heterocycles. The number of carbonyl (C=O) groups is 1. The van der Waals surface area contributed by atoms with Crippen molar-refractivity contribution in [2.75, 3.05) is 38.1 Å². The molecule has 19 heavy (non-hydrogen) atoms. The minimum absolute atomic E-state index is 0.0906. The lowest BCUT2D eigenvalue weighted by atomic mass is 10.0. The second kappa shape index (κ2) is 5.61. The van der Waals surface area contributed by atoms with Crippen molar-refractivity contribution in [3.05, 3.63) is 28.8 Å². The maximum Gasteiger partial charge on any atom is 0.324 e. The van der Waals surface area contributed by atoms with Gasteiger partial charge in [0.1, 0.15) is 0 Å². The van der Waals surface area contributed by atoms with Gasteiger partial charge in [-0.25, -0.2) is 4.79 Å². The van der Waals surface area contributed by atoms with Crippen molar-refractivity contribution >= 4 is 11.7 Å². The summed E-state index contributed by atoms with van der Waals surface area (Å²) in [5.41, 5.74) is 4.72. The number of aryl methyl sites for hydroxylation is 1. The first kappa shape index (κ1) is 13.9. The van der Waals surface area contributed by atoms with E-state index >= 15 is 0 Å². The predicted octanol–water partition coefficient (Wildman–Crippen LogP) is 2.07. The Morgan fingerprint density at radius 1 is 1.16 bits per heavy atom. The Kier molecular flexibility index (Phi) is 4.10. The third-order valence-electron chi connectivity index (χ3n) is 4.07. The molecular weight excluding hydrogens is 238 g/mol. The van der Waals surface area contributed by atoms with E-state index in [0.29, 0.717) is 0 Å². The molecule has 2 rings (SSSR count). The van der Waals surface area contributed by atoms with Crippen molar-refractivity contribution in [1.82, 2.24) is 10.2 Å². The van der Waals surface area contributed by atoms with Crippen molar-refractivity contribution in [2.45, 2.75) is 20.8 Å². The van der Waals surface area contributed by atoms with Gasteiger partial charge in [0.2, 0.25) is 0 Å². The van der Waals surface area contributed by atoms with Gasteiger partial charge < -0.3 is 10.2 Å². The molecule has 0 aliphatic carbocycles. The van der Waals surface area contributed by atoms with Crippen LogP contribution in [0.3, 0.4) is 0 Å². The van der Waals surface area contributed by atoms with Crippen molar-refractivity contribution in [1.29, 1.82) is 0 Å². The molecule has 0 spiro atoms. The molecule has 2 amide bonds. The number of nitrogens with zero attached hydrogens (tertiary/aromatic N) is 2. The van der Waals surface area contributed by atoms with Crippen LogP contribution in [0.15, 0.2) is 12.1 Å². The Bertz CT molecular complexity index is 479. The smallest absolute Gasteiger partial charge is 0.322 e. The molecule has 1 aromatic rings. The first-order chi connectivity index (χ1) is 9.02. The van der Waals surface area contributed by atoms with Crippen molar-refractivity contribution in [3.8, 4) is 0 Å². The Morgan fingerprint density at radius 3 is 2.42 bits per heavy atom. The third-order valence-corrected chi connectivity index (χ3v) is 4.07. The highest BCUT2D eigenvalue weighted by atomic mass is 16.2. The summed E-state index contributed by atoms with van der Waals surface area (Å²) >= 11 is 0. The molecular formula is C15H23N3O. The second-order valence-electron chi connectivity index (χ2n) is 5.23. The third kappa shape index (κ3) is 2.73. The van der Waals surface area contributed by atoms with Crippen LogP contribution in [0.4, 0.5) is 10.5 Å². The molecule has 1 aromatic carbocycles. The predicted molar refractivity (Wildman–Crippen MR) is 78.9 cm³/mol. The summed E-state index contributed by atoms with van der Waals surface area (Å²) in [6, 6.07) is 4.21. The number of carbonyl (C=O) groups excluding carboxylic acids is 1. The average molecular weight is 261 g/mol. The van der Waals surface area contributed by atoms with Crippen molar-refractivity contribution < 1.29 is 4.79 Å². The number of hydrogen-bond acceptors (Lipinski definition) is 2. The summed E-state index contributed by atoms with van der Waals surface area (Å²) in [5, 5.41) is 3.26. The monoisotopic (exact) mass is 261 g/mol. The number of rotatable bonds is 1. The van der Waals surface area contributed by atoms with Gasteiger partial charge in [-0.05, 0) is 43.5 Å². The van der Waals surface area contributed by atoms with E-state index in [-0.39, 0.29) is 6.03 Å². The minimum Gasteiger partial charge on any atom is -0.322 e. The highest BCUT2D eigenvalue weighted by Crippen LogP contribution is 2.25. The van der Waals surface area contributed by atoms with Gasteiger partial charge in [0.15, 0.2) is 0 Å². The fourth-order valence-corrected chi connectivity index (χ4v) is 2.48. The maximum absolute atomic E-state index is 12.5. The SMILES string of the molecule is Cc1ccc(N(C)C(=O)N2CCNCC2)c(C)c1C. The molecule has 0 saturated carbocycles. The minimum atomic E-state index is 0.0906. The fourth-order valence-electron chi connectivity index (χ4n) is 2.48. The summed E-state index contributed by atoms with van der Waals surface area (Å²) in [7, 11) is 1.86. The van der Waals surface area contributed by atoms with Gasteiger partial charge >= 0.3 is 6.03 Å². The second-order valence-corrected chi connectivity index (χ2v) is 5.23. The van der Waals surface area contributed by atoms with Crippen LogP contribution >= 0.6 is 0 Å². The number of hydrogen-bond donors (Lipinski definition) is 1. The van der Waals surface area contributed by atoms with Gasteiger partial charge in [-0.2, -0.15) is 0 Å². The largest absolute Gasteiger partial charge is 0.324 e. The molecule has 0 radical (unpaired) electrons. The molecule has 1 N–H and O–H groups in total. The quantitative estimate of drug-likeness (QED) is 0.840. The molecule has 1 aliphatic heterocycles. The van der Waals surface area contributed by atoms with Gasteiger partial charge in [-0.15, -0.1) is 0 Å². The summed E-state index contributed by atoms with van der Waals surface area (Å²) in [4.78, 5) is 16.1. The molecule has 0 unspecified atom stereocenters. The first-order valence-electron chi connectivity index (χ1n) is 6.82. The van der Waals surface area contributed by atoms with Crippen LogP contribution in [0.5, 0.6) is 0 Å². The van der Waals surface area contributed by atoms with E-state index < -0.39 is 0 Å². The number of piperazine rings is 1. The molecule has 1 aliphatic rings. The van der Waals surface area contributed by atoms with Crippen LogP contribution in [0.1, 0.15) is 16.7 Å². The Labute approximate surface area is 115 Å². The average Bonchev–Trinajstić information content (AvgIpc) is 2.44. The summed E-state index contributed by atoms with van der Waals surface area (Å²) in [6.45, 7) is 9.62. The number of nitrogens with one attached hydrogen (secondary N) is 1. The molecule has 104 valence electrons. The van der Waals surface area contributed by atoms with Crippen molar-refractivity contribution in [2.24, 2.45) is 0 Å². The molecule has 0 atom stereocenters. The summed E-state index contributed by atoms with van der Waals surface area (Å²) in [6.07, 6.45) is 0. The highest BCUT2D eigenvalue weighted by Gasteiger charge is 2.22. The van der Waals surface area contributed by atoms with E-state index in [1.54, 1.807) is 4.90 Å². The van der Waals surface area contributed by atoms with Gasteiger partial charge in [0, 0.05) is 38.9 Å². The molecule has 4 heteroatoms. The molecule has 4 nitrogen and oxygen atoms in total. The van der Waals surface area contributed by atoms with E-state index in [0.717, 1.165) is 31.9 Å². The van der Waals surface area contributed by atoms with E-state index in [1.807, 2.05) is 18.0 Å². The van der Waals surface area contributed by atoms with Crippen LogP contribution in [0.25, 0.3) is 0 Å². The van der Waals surface area contributed by atoms with Gasteiger partial charge in [-0.1, -0.05) is 6.07 Å². The van der Waals surface area contributed by atoms with Gasteiger partial charge in [0.05, 0.1) is 0 Å². The van der Waals surface area contributed by atoms with E-state index in [4.69, 9.17) is 0 Å². The zero-order valence-electron chi connectivity index (χ0n) is 12.3. The van der Waals surface area contributed by atoms with E-state index in [9.17, 15) is 4.79 Å². The summed E-state index contributed by atoms with van der Waals surface area (Å²) < 4.78 is 0. The molecule has 1 fully saturated rings. The number of anilines is 1. The van der Waals surface area contributed by atoms with E-state index in [2.05, 4.69) is 32.2 Å². The fraction of sp³-hybridized carbons (Fsp3) is 0.533. The lowest BCUT2D eigenvalue weighted by Crippen LogP contribution is -2.50. The zero-order valence-corrected chi connectivity index (χ0v) is 12.3. The summed E-state index contributed by atoms with van der Waals surface area (Å²) in [5.74, 6) is 0. The van der Waals surface area contributed by atoms with Crippen LogP contribution in [-0.4, -0.2) is 44.2 Å². The van der Waals surface area contributed by atoms with Crippen LogP contribution in [0.2, 0.25) is 0 Å². The Morgan fingerprint density at radius 2 is 1.79 bits per heavy atom. The Hall–Kier alpha value is -1.55. The van der Waals surface area contributed by atoms with Gasteiger partial charge in [-0.3, -0.25) is 4.90 Å². The number of urea groups is 1. The standard InChI is InChI=1S/C15H23N3O/c1-11-5-6-14(13(3)12(11)2)17(4)15(19)18-9-7-16-8-10-18/h5-6,16H,7-10H2,1-4H3. The topological polar surface area (TPSA) is 35.6 Å². The lowest BCUT2D eigenvalue weighted by molar-refractivity contribution is 0.198. The van der Waals surface area contributed by atoms with E-state index in [1.165, 1.54) is 16.7 Å². The molecule has 0 bridgehead atoms. The van der Waals surface area contributed by atoms with Crippen LogP contribution < -0.4 is 10.2 Å².